The molecule has 2 aliphatic heterocycles. The number of unbranched alkanes of at least 4 members (excludes halogenated alkanes) is 1. The minimum atomic E-state index is -1.33. The number of nitrogens with zero attached hydrogens (tertiary/aromatic N) is 6. The van der Waals surface area contributed by atoms with Gasteiger partial charge in [-0.05, 0) is 186 Å². The Morgan fingerprint density at radius 2 is 1.13 bits per heavy atom. The molecule has 2 aliphatic carbocycles. The van der Waals surface area contributed by atoms with Crippen LogP contribution in [0.15, 0.2) is 70.5 Å². The summed E-state index contributed by atoms with van der Waals surface area (Å²) in [4.78, 5) is 30.6. The maximum atomic E-state index is 13.7. The molecule has 2 heterocycles. The standard InChI is InChI=1S/C62H82Cl2N10O9S2/c1-41-27-49(9-11-57(41)82-59-53-31-47(63)29-45(35-65)51(53)33-55(59)71(3)4)84-73-19-13-43(37-73)39-80-25-23-78-21-17-69-61(75)67-15-7-8-16-68-62(76)70-18-22-79-24-26-81-40-44-14-20-74(38-44)85(77)50-10-12-58(42(2)28-50)83-60-54-32-48(64)30-46(36-66)52(54)34-56(60)72(5)6/h9-12,27-32,43-44,55-56,59-60H,7-8,13-26,33-34,37-40H2,1-6H3,(H2,67,69,75)(H2,68,70,76)/t43-,44-,55+,56+,59+,60+,85?/m1/s1. The average molecular weight is 1250 g/mol. The van der Waals surface area contributed by atoms with Crippen LogP contribution in [0.4, 0.5) is 9.59 Å². The van der Waals surface area contributed by atoms with Gasteiger partial charge in [-0.3, -0.25) is 0 Å². The van der Waals surface area contributed by atoms with Crippen LogP contribution in [0.3, 0.4) is 0 Å². The summed E-state index contributed by atoms with van der Waals surface area (Å²) in [6.07, 6.45) is 4.24. The second-order valence-corrected chi connectivity index (χ2v) is 26.1. The van der Waals surface area contributed by atoms with E-state index >= 15 is 0 Å². The van der Waals surface area contributed by atoms with Crippen LogP contribution in [-0.2, 0) is 43.2 Å². The summed E-state index contributed by atoms with van der Waals surface area (Å²) < 4.78 is 54.5. The van der Waals surface area contributed by atoms with E-state index in [-0.39, 0.29) is 42.3 Å². The number of fused-ring (bicyclic) bond motifs is 2. The van der Waals surface area contributed by atoms with Crippen molar-refractivity contribution in [3.8, 4) is 23.6 Å². The number of nitriles is 2. The van der Waals surface area contributed by atoms with Gasteiger partial charge in [0.05, 0.1) is 99.6 Å². The average Bonchev–Trinajstić information content (AvgIpc) is 1.90. The number of rotatable bonds is 31. The van der Waals surface area contributed by atoms with Gasteiger partial charge in [-0.2, -0.15) is 10.5 Å². The molecule has 85 heavy (non-hydrogen) atoms. The first-order chi connectivity index (χ1) is 41.1. The van der Waals surface area contributed by atoms with Gasteiger partial charge >= 0.3 is 12.1 Å². The van der Waals surface area contributed by atoms with Gasteiger partial charge in [0.1, 0.15) is 23.7 Å². The van der Waals surface area contributed by atoms with Crippen molar-refractivity contribution in [2.45, 2.75) is 86.5 Å². The molecular weight excluding hydrogens is 1160 g/mol. The van der Waals surface area contributed by atoms with E-state index in [4.69, 9.17) is 51.6 Å². The molecule has 23 heteroatoms. The third-order valence-corrected chi connectivity index (χ3v) is 18.8. The van der Waals surface area contributed by atoms with Crippen molar-refractivity contribution in [3.63, 3.8) is 0 Å². The normalized spacial score (nSPS) is 20.5. The third-order valence-electron chi connectivity index (χ3n) is 15.9. The minimum absolute atomic E-state index is 0.0299. The van der Waals surface area contributed by atoms with E-state index in [2.05, 4.69) is 66.6 Å². The maximum absolute atomic E-state index is 13.7. The number of aryl methyl sites for hydroxylation is 2. The van der Waals surface area contributed by atoms with Crippen LogP contribution in [0.5, 0.6) is 11.5 Å². The molecule has 2 fully saturated rings. The molecule has 19 nitrogen and oxygen atoms in total. The second-order valence-electron chi connectivity index (χ2n) is 22.5. The molecule has 4 N–H and O–H groups in total. The molecule has 4 amide bonds. The summed E-state index contributed by atoms with van der Waals surface area (Å²) in [7, 11) is 8.10. The van der Waals surface area contributed by atoms with Gasteiger partial charge < -0.3 is 64.0 Å². The number of amides is 4. The summed E-state index contributed by atoms with van der Waals surface area (Å²) in [5.74, 6) is 2.22. The van der Waals surface area contributed by atoms with Crippen LogP contribution in [0.2, 0.25) is 10.0 Å². The van der Waals surface area contributed by atoms with Gasteiger partial charge in [-0.25, -0.2) is 13.9 Å². The van der Waals surface area contributed by atoms with Gasteiger partial charge in [0, 0.05) is 79.3 Å². The molecule has 0 aromatic heterocycles. The Kier molecular flexibility index (Phi) is 25.4. The van der Waals surface area contributed by atoms with Gasteiger partial charge in [-0.1, -0.05) is 23.2 Å². The molecule has 0 bridgehead atoms. The van der Waals surface area contributed by atoms with Crippen LogP contribution in [0.25, 0.3) is 0 Å². The smallest absolute Gasteiger partial charge is 0.314 e. The molecule has 1 unspecified atom stereocenters. The molecule has 0 spiro atoms. The van der Waals surface area contributed by atoms with Crippen LogP contribution in [0, 0.1) is 48.3 Å². The van der Waals surface area contributed by atoms with Crippen LogP contribution >= 0.6 is 35.1 Å². The van der Waals surface area contributed by atoms with E-state index in [1.54, 1.807) is 24.1 Å². The van der Waals surface area contributed by atoms with E-state index < -0.39 is 11.4 Å². The van der Waals surface area contributed by atoms with Crippen molar-refractivity contribution < 1.29 is 42.6 Å². The molecule has 4 aromatic carbocycles. The first-order valence-electron chi connectivity index (χ1n) is 29.3. The van der Waals surface area contributed by atoms with Crippen molar-refractivity contribution >= 4 is 58.6 Å². The summed E-state index contributed by atoms with van der Waals surface area (Å²) in [5.41, 5.74) is 7.02. The van der Waals surface area contributed by atoms with Crippen molar-refractivity contribution in [2.24, 2.45) is 11.8 Å². The molecule has 2 saturated heterocycles. The van der Waals surface area contributed by atoms with Crippen molar-refractivity contribution in [3.05, 3.63) is 115 Å². The number of nitrogens with one attached hydrogen (secondary N) is 4. The number of halogens is 2. The molecule has 7 atom stereocenters. The van der Waals surface area contributed by atoms with Crippen molar-refractivity contribution in [2.75, 3.05) is 133 Å². The fourth-order valence-electron chi connectivity index (χ4n) is 11.3. The van der Waals surface area contributed by atoms with Crippen molar-refractivity contribution in [1.29, 1.82) is 10.5 Å². The van der Waals surface area contributed by atoms with Crippen LogP contribution in [0.1, 0.15) is 82.4 Å². The number of benzene rings is 4. The predicted octanol–water partition coefficient (Wildman–Crippen LogP) is 8.39. The number of likely N-dealkylation sites (N-methyl/N-ethyl adjacent to an activating group) is 2. The second kappa shape index (κ2) is 32.8. The number of ether oxygens (including phenoxy) is 6. The lowest BCUT2D eigenvalue weighted by Crippen LogP contribution is -2.39. The molecule has 0 saturated carbocycles. The fraction of sp³-hybridized carbons (Fsp3) is 0.548. The first kappa shape index (κ1) is 65.9. The summed E-state index contributed by atoms with van der Waals surface area (Å²) in [6, 6.07) is 23.5. The summed E-state index contributed by atoms with van der Waals surface area (Å²) in [6.45, 7) is 12.7. The highest BCUT2D eigenvalue weighted by molar-refractivity contribution is 7.97. The highest BCUT2D eigenvalue weighted by Crippen LogP contribution is 2.44. The van der Waals surface area contributed by atoms with Gasteiger partial charge in [0.2, 0.25) is 0 Å². The highest BCUT2D eigenvalue weighted by Gasteiger charge is 2.40. The highest BCUT2D eigenvalue weighted by atomic mass is 35.5. The first-order valence-corrected chi connectivity index (χ1v) is 32.0. The Labute approximate surface area is 519 Å². The Morgan fingerprint density at radius 3 is 1.64 bits per heavy atom. The van der Waals surface area contributed by atoms with Crippen LogP contribution in [-0.4, -0.2) is 181 Å². The van der Waals surface area contributed by atoms with Crippen LogP contribution < -0.4 is 30.7 Å². The lowest BCUT2D eigenvalue weighted by molar-refractivity contribution is 0.0366. The summed E-state index contributed by atoms with van der Waals surface area (Å²) >= 11 is 13.2. The monoisotopic (exact) mass is 1240 g/mol. The number of carbonyl (C=O) groups excluding carboxylic acids is 2. The van der Waals surface area contributed by atoms with Gasteiger partial charge in [-0.15, -0.1) is 4.31 Å². The van der Waals surface area contributed by atoms with Gasteiger partial charge in [0.25, 0.3) is 0 Å². The maximum Gasteiger partial charge on any atom is 0.314 e. The Hall–Kier alpha value is -5.08. The van der Waals surface area contributed by atoms with E-state index in [9.17, 15) is 24.7 Å². The topological polar surface area (TPSA) is 221 Å². The Morgan fingerprint density at radius 1 is 0.647 bits per heavy atom. The molecule has 460 valence electrons. The lowest BCUT2D eigenvalue weighted by Gasteiger charge is -2.28. The zero-order valence-electron chi connectivity index (χ0n) is 49.7. The quantitative estimate of drug-likeness (QED) is 0.0211. The lowest BCUT2D eigenvalue weighted by atomic mass is 10.0. The molecule has 8 rings (SSSR count). The number of urea groups is 2. The zero-order chi connectivity index (χ0) is 60.4. The van der Waals surface area contributed by atoms with Gasteiger partial charge in [0.15, 0.2) is 4.90 Å². The largest absolute Gasteiger partial charge is 0.593 e. The predicted molar refractivity (Wildman–Crippen MR) is 331 cm³/mol. The number of hydrogen-bond donors (Lipinski definition) is 4. The molecule has 0 radical (unpaired) electrons. The Bertz CT molecular complexity index is 2970. The molecule has 4 aliphatic rings. The molecule has 4 aromatic rings. The summed E-state index contributed by atoms with van der Waals surface area (Å²) in [5, 5.41) is 31.8. The van der Waals surface area contributed by atoms with Crippen molar-refractivity contribution in [1.82, 2.24) is 39.7 Å². The number of carbonyl (C=O) groups is 2. The number of hydrogen-bond acceptors (Lipinski definition) is 16. The SMILES string of the molecule is Cc1cc(SN2CC[C@@H](COCCOCCNC(=O)NCCCCNC(=O)NCCOCCOC[C@@H]3CCN([S+]([O-])c4ccc(O[C@H]5c6cc(Cl)cc(C#N)c6C[C@@H]5N(C)C)c(C)c4)C3)C2)ccc1O[C@H]1c2cc(Cl)cc(C#N)c2C[C@@H]1N(C)C. The Balaban J connectivity index is 0.579. The van der Waals surface area contributed by atoms with E-state index in [1.165, 1.54) is 0 Å². The van der Waals surface area contributed by atoms with E-state index in [0.717, 1.165) is 81.3 Å². The molecular formula is C62H82Cl2N10O9S2. The zero-order valence-corrected chi connectivity index (χ0v) is 52.9. The third kappa shape index (κ3) is 18.7. The fourth-order valence-corrected chi connectivity index (χ4v) is 14.2. The minimum Gasteiger partial charge on any atom is -0.593 e. The van der Waals surface area contributed by atoms with E-state index in [1.807, 2.05) is 75.8 Å². The van der Waals surface area contributed by atoms with E-state index in [0.29, 0.717) is 144 Å².